The van der Waals surface area contributed by atoms with Crippen LogP contribution in [0.4, 0.5) is 5.82 Å². The molecule has 5 nitrogen and oxygen atoms in total. The summed E-state index contributed by atoms with van der Waals surface area (Å²) in [4.78, 5) is 24.6. The van der Waals surface area contributed by atoms with Crippen LogP contribution in [0.3, 0.4) is 0 Å². The van der Waals surface area contributed by atoms with Gasteiger partial charge in [-0.3, -0.25) is 4.79 Å². The Morgan fingerprint density at radius 1 is 0.972 bits per heavy atom. The van der Waals surface area contributed by atoms with Gasteiger partial charge in [-0.1, -0.05) is 90.8 Å². The fourth-order valence-electron chi connectivity index (χ4n) is 4.19. The number of nitrogens with one attached hydrogen (secondary N) is 1. The van der Waals surface area contributed by atoms with Gasteiger partial charge in [0.15, 0.2) is 0 Å². The van der Waals surface area contributed by atoms with Crippen LogP contribution in [-0.4, -0.2) is 29.0 Å². The summed E-state index contributed by atoms with van der Waals surface area (Å²) in [5.74, 6) is 1.44. The largest absolute Gasteiger partial charge is 0.355 e. The number of benzene rings is 3. The molecule has 36 heavy (non-hydrogen) atoms. The van der Waals surface area contributed by atoms with E-state index < -0.39 is 0 Å². The maximum absolute atomic E-state index is 12.9. The van der Waals surface area contributed by atoms with Crippen LogP contribution < -0.4 is 10.2 Å². The number of nitrogens with zero attached hydrogens (tertiary/aromatic N) is 3. The molecule has 1 heterocycles. The molecule has 0 spiro atoms. The zero-order valence-electron chi connectivity index (χ0n) is 20.5. The van der Waals surface area contributed by atoms with Gasteiger partial charge in [0.2, 0.25) is 5.91 Å². The molecule has 0 radical (unpaired) electrons. The molecule has 4 aromatic rings. The van der Waals surface area contributed by atoms with Crippen molar-refractivity contribution in [2.45, 2.75) is 39.2 Å². The third kappa shape index (κ3) is 6.54. The van der Waals surface area contributed by atoms with Gasteiger partial charge in [0, 0.05) is 36.3 Å². The van der Waals surface area contributed by atoms with Crippen LogP contribution in [0, 0.1) is 0 Å². The van der Waals surface area contributed by atoms with Crippen molar-refractivity contribution in [3.8, 4) is 0 Å². The zero-order chi connectivity index (χ0) is 25.5. The van der Waals surface area contributed by atoms with E-state index in [2.05, 4.69) is 27.3 Å². The van der Waals surface area contributed by atoms with Crippen LogP contribution in [0.2, 0.25) is 10.0 Å². The van der Waals surface area contributed by atoms with Gasteiger partial charge in [0.05, 0.1) is 16.6 Å². The summed E-state index contributed by atoms with van der Waals surface area (Å²) < 4.78 is 0. The Bertz CT molecular complexity index is 1320. The number of aryl methyl sites for hydroxylation is 1. The van der Waals surface area contributed by atoms with E-state index in [1.54, 1.807) is 6.07 Å². The molecular weight excluding hydrogens is 491 g/mol. The fourth-order valence-corrected chi connectivity index (χ4v) is 4.73. The minimum absolute atomic E-state index is 0.0128. The lowest BCUT2D eigenvalue weighted by Crippen LogP contribution is -2.34. The molecule has 0 bridgehead atoms. The van der Waals surface area contributed by atoms with Crippen LogP contribution in [-0.2, 0) is 17.6 Å². The smallest absolute Gasteiger partial charge is 0.222 e. The number of fused-ring (bicyclic) bond motifs is 1. The van der Waals surface area contributed by atoms with Crippen molar-refractivity contribution < 1.29 is 4.79 Å². The van der Waals surface area contributed by atoms with Gasteiger partial charge in [-0.05, 0) is 36.6 Å². The number of hydrogen-bond donors (Lipinski definition) is 1. The first-order valence-corrected chi connectivity index (χ1v) is 13.0. The zero-order valence-corrected chi connectivity index (χ0v) is 22.1. The Hall–Kier alpha value is -3.15. The summed E-state index contributed by atoms with van der Waals surface area (Å²) in [7, 11) is 0. The number of rotatable bonds is 10. The Morgan fingerprint density at radius 3 is 2.36 bits per heavy atom. The van der Waals surface area contributed by atoms with E-state index in [-0.39, 0.29) is 11.9 Å². The second-order valence-electron chi connectivity index (χ2n) is 8.77. The highest BCUT2D eigenvalue weighted by molar-refractivity contribution is 6.38. The topological polar surface area (TPSA) is 58.1 Å². The van der Waals surface area contributed by atoms with Crippen LogP contribution in [0.15, 0.2) is 72.8 Å². The number of carbonyl (C=O) groups excluding carboxylic acids is 1. The highest BCUT2D eigenvalue weighted by atomic mass is 35.5. The summed E-state index contributed by atoms with van der Waals surface area (Å²) in [5.41, 5.74) is 2.97. The number of halogens is 2. The third-order valence-electron chi connectivity index (χ3n) is 6.16. The lowest BCUT2D eigenvalue weighted by molar-refractivity contribution is -0.121. The molecule has 1 N–H and O–H groups in total. The first-order valence-electron chi connectivity index (χ1n) is 12.2. The predicted octanol–water partition coefficient (Wildman–Crippen LogP) is 6.82. The molecule has 0 aliphatic rings. The lowest BCUT2D eigenvalue weighted by atomic mass is 10.1. The van der Waals surface area contributed by atoms with Crippen molar-refractivity contribution in [3.63, 3.8) is 0 Å². The molecule has 3 aromatic carbocycles. The highest BCUT2D eigenvalue weighted by Gasteiger charge is 2.19. The molecule has 1 amide bonds. The molecule has 0 fully saturated rings. The molecule has 7 heteroatoms. The summed E-state index contributed by atoms with van der Waals surface area (Å²) in [6, 6.07) is 23.7. The molecule has 0 saturated carbocycles. The number of amides is 1. The molecule has 0 unspecified atom stereocenters. The summed E-state index contributed by atoms with van der Waals surface area (Å²) in [6.07, 6.45) is 1.81. The molecule has 4 rings (SSSR count). The van der Waals surface area contributed by atoms with Gasteiger partial charge in [-0.25, -0.2) is 9.97 Å². The van der Waals surface area contributed by atoms with Crippen LogP contribution >= 0.6 is 23.2 Å². The lowest BCUT2D eigenvalue weighted by Gasteiger charge is -2.26. The van der Waals surface area contributed by atoms with Gasteiger partial charge in [-0.2, -0.15) is 0 Å². The molecule has 1 atom stereocenters. The van der Waals surface area contributed by atoms with Crippen molar-refractivity contribution in [1.29, 1.82) is 0 Å². The van der Waals surface area contributed by atoms with E-state index in [4.69, 9.17) is 28.2 Å². The van der Waals surface area contributed by atoms with E-state index in [1.165, 1.54) is 5.56 Å². The summed E-state index contributed by atoms with van der Waals surface area (Å²) in [6.45, 7) is 5.20. The maximum atomic E-state index is 12.9. The molecule has 0 aliphatic carbocycles. The average molecular weight is 521 g/mol. The Balaban J connectivity index is 1.60. The second kappa shape index (κ2) is 12.2. The highest BCUT2D eigenvalue weighted by Crippen LogP contribution is 2.32. The van der Waals surface area contributed by atoms with Crippen LogP contribution in [0.25, 0.3) is 10.9 Å². The minimum atomic E-state index is -0.0688. The van der Waals surface area contributed by atoms with Crippen molar-refractivity contribution in [1.82, 2.24) is 15.3 Å². The van der Waals surface area contributed by atoms with Gasteiger partial charge in [-0.15, -0.1) is 0 Å². The number of aromatic nitrogens is 2. The van der Waals surface area contributed by atoms with Crippen molar-refractivity contribution in [3.05, 3.63) is 99.8 Å². The minimum Gasteiger partial charge on any atom is -0.355 e. The Morgan fingerprint density at radius 2 is 1.67 bits per heavy atom. The molecule has 1 aromatic heterocycles. The van der Waals surface area contributed by atoms with Gasteiger partial charge < -0.3 is 10.2 Å². The SMILES string of the molecule is CCc1nc(N(CCC(=O)N[C@@H](C)c2ccccc2)CCc2ccccc2)c2cc(Cl)cc(Cl)c2n1. The standard InChI is InChI=1S/C29H30Cl2N4O/c1-3-26-33-28-24(18-23(30)19-25(28)31)29(34-26)35(16-14-21-10-6-4-7-11-21)17-15-27(36)32-20(2)22-12-8-5-9-13-22/h4-13,18-20H,3,14-17H2,1-2H3,(H,32,36)/t20-/m0/s1. The number of anilines is 1. The van der Waals surface area contributed by atoms with E-state index in [9.17, 15) is 4.79 Å². The quantitative estimate of drug-likeness (QED) is 0.249. The molecular formula is C29H30Cl2N4O. The fraction of sp³-hybridized carbons (Fsp3) is 0.276. The second-order valence-corrected chi connectivity index (χ2v) is 9.62. The number of hydrogen-bond acceptors (Lipinski definition) is 4. The molecule has 0 aliphatic heterocycles. The Kier molecular flexibility index (Phi) is 8.79. The molecule has 0 saturated heterocycles. The van der Waals surface area contributed by atoms with E-state index in [0.717, 1.165) is 23.2 Å². The van der Waals surface area contributed by atoms with Crippen molar-refractivity contribution in [2.24, 2.45) is 0 Å². The predicted molar refractivity (Wildman–Crippen MR) is 149 cm³/mol. The normalized spacial score (nSPS) is 11.9. The van der Waals surface area contributed by atoms with Crippen LogP contribution in [0.1, 0.15) is 43.3 Å². The van der Waals surface area contributed by atoms with Gasteiger partial charge in [0.1, 0.15) is 11.6 Å². The van der Waals surface area contributed by atoms with Gasteiger partial charge in [0.25, 0.3) is 0 Å². The van der Waals surface area contributed by atoms with E-state index >= 15 is 0 Å². The van der Waals surface area contributed by atoms with Crippen molar-refractivity contribution in [2.75, 3.05) is 18.0 Å². The first kappa shape index (κ1) is 25.9. The van der Waals surface area contributed by atoms with Gasteiger partial charge >= 0.3 is 0 Å². The summed E-state index contributed by atoms with van der Waals surface area (Å²) in [5, 5.41) is 4.92. The average Bonchev–Trinajstić information content (AvgIpc) is 2.89. The first-order chi connectivity index (χ1) is 17.4. The maximum Gasteiger partial charge on any atom is 0.222 e. The number of carbonyl (C=O) groups is 1. The van der Waals surface area contributed by atoms with Crippen molar-refractivity contribution >= 4 is 45.8 Å². The third-order valence-corrected chi connectivity index (χ3v) is 6.67. The molecule has 186 valence electrons. The van der Waals surface area contributed by atoms with E-state index in [0.29, 0.717) is 47.3 Å². The monoisotopic (exact) mass is 520 g/mol. The van der Waals surface area contributed by atoms with Crippen LogP contribution in [0.5, 0.6) is 0 Å². The Labute approximate surface area is 222 Å². The summed E-state index contributed by atoms with van der Waals surface area (Å²) >= 11 is 12.9. The van der Waals surface area contributed by atoms with E-state index in [1.807, 2.05) is 68.4 Å².